The van der Waals surface area contributed by atoms with Crippen molar-refractivity contribution in [1.29, 1.82) is 5.26 Å². The van der Waals surface area contributed by atoms with E-state index in [1.165, 1.54) is 0 Å². The quantitative estimate of drug-likeness (QED) is 0.556. The number of likely N-dealkylation sites (tertiary alicyclic amines) is 1. The predicted molar refractivity (Wildman–Crippen MR) is 74.9 cm³/mol. The zero-order chi connectivity index (χ0) is 13.4. The monoisotopic (exact) mass is 298 g/mol. The van der Waals surface area contributed by atoms with Crippen molar-refractivity contribution in [1.82, 2.24) is 10.2 Å². The maximum atomic E-state index is 12.6. The summed E-state index contributed by atoms with van der Waals surface area (Å²) < 4.78 is 0. The first-order valence-electron chi connectivity index (χ1n) is 6.91. The molecule has 2 N–H and O–H groups in total. The average Bonchev–Trinajstić information content (AvgIpc) is 2.95. The van der Waals surface area contributed by atoms with Crippen LogP contribution in [0.25, 0.3) is 0 Å². The van der Waals surface area contributed by atoms with Crippen LogP contribution < -0.4 is 5.32 Å². The normalized spacial score (nSPS) is 37.5. The Kier molecular flexibility index (Phi) is 4.51. The number of rotatable bonds is 1. The molecule has 1 aliphatic carbocycles. The highest BCUT2D eigenvalue weighted by atomic mass is 35.5. The van der Waals surface area contributed by atoms with Crippen LogP contribution in [0.2, 0.25) is 0 Å². The Balaban J connectivity index is 0.00000147. The van der Waals surface area contributed by atoms with Gasteiger partial charge in [-0.05, 0) is 38.0 Å². The number of nitrogens with one attached hydrogen (secondary N) is 1. The molecule has 0 aromatic heterocycles. The number of piperidine rings is 2. The van der Waals surface area contributed by atoms with Gasteiger partial charge in [0.05, 0.1) is 17.8 Å². The molecule has 4 fully saturated rings. The van der Waals surface area contributed by atoms with E-state index in [0.29, 0.717) is 13.0 Å². The molecule has 2 bridgehead atoms. The van der Waals surface area contributed by atoms with Crippen molar-refractivity contribution in [2.75, 3.05) is 6.54 Å². The van der Waals surface area contributed by atoms with Crippen molar-refractivity contribution in [2.24, 2.45) is 11.1 Å². The summed E-state index contributed by atoms with van der Waals surface area (Å²) >= 11 is 0. The zero-order valence-corrected chi connectivity index (χ0v) is 12.0. The average molecular weight is 299 g/mol. The number of carbonyl (C=O) groups excluding carboxylic acids is 1. The van der Waals surface area contributed by atoms with Gasteiger partial charge in [-0.25, -0.2) is 0 Å². The van der Waals surface area contributed by atoms with Gasteiger partial charge in [-0.1, -0.05) is 5.16 Å². The van der Waals surface area contributed by atoms with Crippen LogP contribution in [0.15, 0.2) is 5.16 Å². The van der Waals surface area contributed by atoms with Gasteiger partial charge in [-0.2, -0.15) is 5.26 Å². The fourth-order valence-corrected chi connectivity index (χ4v) is 3.60. The van der Waals surface area contributed by atoms with Crippen LogP contribution in [0.3, 0.4) is 0 Å². The minimum atomic E-state index is -0.263. The number of fused-ring (bicyclic) bond motifs is 3. The molecule has 110 valence electrons. The van der Waals surface area contributed by atoms with E-state index in [1.54, 1.807) is 4.90 Å². The first-order valence-corrected chi connectivity index (χ1v) is 6.91. The van der Waals surface area contributed by atoms with Crippen molar-refractivity contribution in [3.8, 4) is 6.07 Å². The molecule has 0 spiro atoms. The van der Waals surface area contributed by atoms with Crippen LogP contribution in [0.1, 0.15) is 32.1 Å². The highest BCUT2D eigenvalue weighted by Gasteiger charge is 2.45. The highest BCUT2D eigenvalue weighted by Crippen LogP contribution is 2.33. The van der Waals surface area contributed by atoms with E-state index < -0.39 is 0 Å². The van der Waals surface area contributed by atoms with Gasteiger partial charge in [0.1, 0.15) is 6.04 Å². The maximum absolute atomic E-state index is 12.6. The Bertz CT molecular complexity index is 462. The molecule has 3 heterocycles. The minimum absolute atomic E-state index is 0. The van der Waals surface area contributed by atoms with Crippen LogP contribution in [0.5, 0.6) is 0 Å². The Hall–Kier alpha value is -1.32. The first-order chi connectivity index (χ1) is 9.24. The third-order valence-corrected chi connectivity index (χ3v) is 4.63. The Morgan fingerprint density at radius 1 is 1.45 bits per heavy atom. The molecule has 4 atom stereocenters. The maximum Gasteiger partial charge on any atom is 0.241 e. The van der Waals surface area contributed by atoms with E-state index in [-0.39, 0.29) is 42.4 Å². The smallest absolute Gasteiger partial charge is 0.241 e. The van der Waals surface area contributed by atoms with Crippen molar-refractivity contribution in [3.05, 3.63) is 0 Å². The fourth-order valence-electron chi connectivity index (χ4n) is 3.60. The Labute approximate surface area is 124 Å². The summed E-state index contributed by atoms with van der Waals surface area (Å²) in [5, 5.41) is 24.6. The molecule has 4 aliphatic rings. The summed E-state index contributed by atoms with van der Waals surface area (Å²) in [6.07, 6.45) is 4.30. The number of hydrogen-bond acceptors (Lipinski definition) is 5. The van der Waals surface area contributed by atoms with Crippen molar-refractivity contribution >= 4 is 24.0 Å². The summed E-state index contributed by atoms with van der Waals surface area (Å²) in [5.74, 6) is 0.249. The van der Waals surface area contributed by atoms with Crippen molar-refractivity contribution in [3.63, 3.8) is 0 Å². The van der Waals surface area contributed by atoms with Crippen LogP contribution in [-0.4, -0.2) is 46.4 Å². The molecule has 3 aliphatic heterocycles. The highest BCUT2D eigenvalue weighted by molar-refractivity contribution is 5.94. The molecule has 4 rings (SSSR count). The van der Waals surface area contributed by atoms with Gasteiger partial charge < -0.3 is 10.1 Å². The third-order valence-electron chi connectivity index (χ3n) is 4.63. The van der Waals surface area contributed by atoms with Crippen molar-refractivity contribution in [2.45, 2.75) is 50.2 Å². The molecule has 20 heavy (non-hydrogen) atoms. The molecule has 0 aromatic carbocycles. The zero-order valence-electron chi connectivity index (χ0n) is 11.2. The van der Waals surface area contributed by atoms with E-state index >= 15 is 0 Å². The topological polar surface area (TPSA) is 88.7 Å². The molecule has 0 radical (unpaired) electrons. The third kappa shape index (κ3) is 2.36. The molecule has 7 heteroatoms. The lowest BCUT2D eigenvalue weighted by atomic mass is 9.74. The lowest BCUT2D eigenvalue weighted by Gasteiger charge is -2.44. The summed E-state index contributed by atoms with van der Waals surface area (Å²) in [6.45, 7) is 0.688. The Morgan fingerprint density at radius 2 is 2.25 bits per heavy atom. The van der Waals surface area contributed by atoms with E-state index in [1.807, 2.05) is 0 Å². The summed E-state index contributed by atoms with van der Waals surface area (Å²) in [7, 11) is 0. The van der Waals surface area contributed by atoms with Gasteiger partial charge in [0.15, 0.2) is 0 Å². The van der Waals surface area contributed by atoms with Crippen LogP contribution in [0, 0.1) is 17.2 Å². The lowest BCUT2D eigenvalue weighted by Crippen LogP contribution is -2.63. The van der Waals surface area contributed by atoms with Crippen LogP contribution >= 0.6 is 12.4 Å². The molecular weight excluding hydrogens is 280 g/mol. The second-order valence-corrected chi connectivity index (χ2v) is 5.65. The SMILES string of the molecule is Cl.N#C[C@@H]1CCCN1C(=O)[C@H]1N[C@H]2CC[C@@H]1C/C2=N/O. The van der Waals surface area contributed by atoms with Gasteiger partial charge >= 0.3 is 0 Å². The molecule has 0 aromatic rings. The summed E-state index contributed by atoms with van der Waals surface area (Å²) in [6, 6.07) is 1.76. The number of nitrogens with zero attached hydrogens (tertiary/aromatic N) is 3. The number of oxime groups is 1. The predicted octanol–water partition coefficient (Wildman–Crippen LogP) is 0.893. The summed E-state index contributed by atoms with van der Waals surface area (Å²) in [4.78, 5) is 14.3. The minimum Gasteiger partial charge on any atom is -0.411 e. The number of hydrogen-bond donors (Lipinski definition) is 2. The van der Waals surface area contributed by atoms with E-state index in [4.69, 9.17) is 10.5 Å². The number of nitriles is 1. The molecule has 3 saturated heterocycles. The van der Waals surface area contributed by atoms with Gasteiger partial charge in [-0.3, -0.25) is 10.1 Å². The largest absolute Gasteiger partial charge is 0.411 e. The van der Waals surface area contributed by atoms with Crippen LogP contribution in [-0.2, 0) is 4.79 Å². The number of amides is 1. The van der Waals surface area contributed by atoms with Crippen LogP contribution in [0.4, 0.5) is 0 Å². The summed E-state index contributed by atoms with van der Waals surface area (Å²) in [5.41, 5.74) is 0.763. The van der Waals surface area contributed by atoms with Gasteiger partial charge in [0.2, 0.25) is 5.91 Å². The molecule has 6 nitrogen and oxygen atoms in total. The number of halogens is 1. The molecule has 0 unspecified atom stereocenters. The second kappa shape index (κ2) is 5.98. The van der Waals surface area contributed by atoms with E-state index in [0.717, 1.165) is 31.4 Å². The lowest BCUT2D eigenvalue weighted by molar-refractivity contribution is -0.136. The van der Waals surface area contributed by atoms with Gasteiger partial charge in [-0.15, -0.1) is 12.4 Å². The van der Waals surface area contributed by atoms with E-state index in [2.05, 4.69) is 16.5 Å². The molecular formula is C13H19ClN4O2. The molecule has 1 saturated carbocycles. The second-order valence-electron chi connectivity index (χ2n) is 5.65. The van der Waals surface area contributed by atoms with Crippen molar-refractivity contribution < 1.29 is 10.0 Å². The van der Waals surface area contributed by atoms with Gasteiger partial charge in [0, 0.05) is 12.6 Å². The van der Waals surface area contributed by atoms with Gasteiger partial charge in [0.25, 0.3) is 0 Å². The first kappa shape index (κ1) is 15.1. The standard InChI is InChI=1S/C13H18N4O2.ClH/c14-7-9-2-1-5-17(9)13(18)12-8-3-4-10(15-12)11(6-8)16-19;/h8-10,12,15,19H,1-6H2;1H/b16-11-;/t8-,9+,10+,12+;/m1./s1. The van der Waals surface area contributed by atoms with E-state index in [9.17, 15) is 4.79 Å². The number of carbonyl (C=O) groups is 1. The Morgan fingerprint density at radius 3 is 2.85 bits per heavy atom. The molecule has 1 amide bonds. The fraction of sp³-hybridized carbons (Fsp3) is 0.769.